The van der Waals surface area contributed by atoms with Gasteiger partial charge in [0.1, 0.15) is 0 Å². The van der Waals surface area contributed by atoms with Gasteiger partial charge in [0, 0.05) is 18.3 Å². The third-order valence-electron chi connectivity index (χ3n) is 6.26. The van der Waals surface area contributed by atoms with Crippen LogP contribution in [-0.2, 0) is 15.0 Å². The van der Waals surface area contributed by atoms with Crippen molar-refractivity contribution in [3.8, 4) is 22.6 Å². The van der Waals surface area contributed by atoms with E-state index in [1.54, 1.807) is 14.2 Å². The molecular weight excluding hydrogens is 396 g/mol. The minimum atomic E-state index is -0.911. The fourth-order valence-corrected chi connectivity index (χ4v) is 4.81. The molecule has 0 unspecified atom stereocenters. The summed E-state index contributed by atoms with van der Waals surface area (Å²) in [5.74, 6) is -0.710. The Bertz CT molecular complexity index is 1160. The Morgan fingerprint density at radius 3 is 1.81 bits per heavy atom. The van der Waals surface area contributed by atoms with E-state index in [1.807, 2.05) is 36.4 Å². The Morgan fingerprint density at radius 1 is 0.774 bits per heavy atom. The van der Waals surface area contributed by atoms with Gasteiger partial charge < -0.3 is 19.7 Å². The van der Waals surface area contributed by atoms with Crippen molar-refractivity contribution in [3.63, 3.8) is 0 Å². The third-order valence-corrected chi connectivity index (χ3v) is 6.26. The van der Waals surface area contributed by atoms with Crippen molar-refractivity contribution >= 4 is 22.7 Å². The minimum Gasteiger partial charge on any atom is -0.493 e. The second-order valence-corrected chi connectivity index (χ2v) is 7.87. The Labute approximate surface area is 180 Å². The van der Waals surface area contributed by atoms with Crippen LogP contribution in [0.15, 0.2) is 48.5 Å². The van der Waals surface area contributed by atoms with Crippen LogP contribution >= 0.6 is 0 Å². The van der Waals surface area contributed by atoms with Gasteiger partial charge in [-0.25, -0.2) is 0 Å². The molecule has 6 heteroatoms. The van der Waals surface area contributed by atoms with Crippen LogP contribution in [0.5, 0.6) is 11.5 Å². The molecule has 1 aliphatic carbocycles. The number of hydrogen-bond donors (Lipinski definition) is 2. The van der Waals surface area contributed by atoms with E-state index in [4.69, 9.17) is 9.47 Å². The summed E-state index contributed by atoms with van der Waals surface area (Å²) < 4.78 is 11.0. The fraction of sp³-hybridized carbons (Fsp3) is 0.280. The van der Waals surface area contributed by atoms with Gasteiger partial charge in [-0.3, -0.25) is 9.59 Å². The van der Waals surface area contributed by atoms with Gasteiger partial charge in [-0.2, -0.15) is 0 Å². The van der Waals surface area contributed by atoms with Crippen LogP contribution in [0.1, 0.15) is 36.8 Å². The summed E-state index contributed by atoms with van der Waals surface area (Å²) in [6, 6.07) is 15.9. The molecule has 3 aromatic rings. The quantitative estimate of drug-likeness (QED) is 0.541. The molecular formula is C25H24O6. The van der Waals surface area contributed by atoms with Crippen molar-refractivity contribution in [2.75, 3.05) is 14.2 Å². The van der Waals surface area contributed by atoms with Gasteiger partial charge in [0.15, 0.2) is 11.5 Å². The number of hydrogen-bond acceptors (Lipinski definition) is 4. The SMILES string of the molecule is COc1cc2c(cc1OC)C(CCC(=O)O)(CCC(=O)O)c1cc3ccccc3cc1-2. The predicted octanol–water partition coefficient (Wildman–Crippen LogP) is 4.85. The average molecular weight is 420 g/mol. The number of rotatable bonds is 8. The molecule has 0 saturated carbocycles. The largest absolute Gasteiger partial charge is 0.493 e. The van der Waals surface area contributed by atoms with Crippen LogP contribution in [0.2, 0.25) is 0 Å². The van der Waals surface area contributed by atoms with Crippen molar-refractivity contribution in [2.24, 2.45) is 0 Å². The number of aliphatic carboxylic acids is 2. The maximum atomic E-state index is 11.5. The molecule has 0 atom stereocenters. The highest BCUT2D eigenvalue weighted by Crippen LogP contribution is 2.56. The van der Waals surface area contributed by atoms with Gasteiger partial charge >= 0.3 is 11.9 Å². The third kappa shape index (κ3) is 3.48. The van der Waals surface area contributed by atoms with Crippen molar-refractivity contribution in [2.45, 2.75) is 31.1 Å². The molecule has 3 aromatic carbocycles. The molecule has 0 fully saturated rings. The molecule has 1 aliphatic rings. The van der Waals surface area contributed by atoms with Crippen LogP contribution in [0.4, 0.5) is 0 Å². The standard InChI is InChI=1S/C25H24O6/c1-30-21-13-18-17-11-15-5-3-4-6-16(15)12-19(17)25(9-7-23(26)27,10-8-24(28)29)20(18)14-22(21)31-2/h3-6,11-14H,7-10H2,1-2H3,(H,26,27)(H,28,29). The van der Waals surface area contributed by atoms with Gasteiger partial charge in [-0.1, -0.05) is 24.3 Å². The number of ether oxygens (including phenoxy) is 2. The Balaban J connectivity index is 2.04. The smallest absolute Gasteiger partial charge is 0.303 e. The molecule has 0 saturated heterocycles. The van der Waals surface area contributed by atoms with E-state index in [-0.39, 0.29) is 12.8 Å². The van der Waals surface area contributed by atoms with Crippen molar-refractivity contribution in [1.29, 1.82) is 0 Å². The lowest BCUT2D eigenvalue weighted by Crippen LogP contribution is -2.27. The molecule has 0 aliphatic heterocycles. The summed E-state index contributed by atoms with van der Waals surface area (Å²) in [4.78, 5) is 23.1. The van der Waals surface area contributed by atoms with Gasteiger partial charge in [0.2, 0.25) is 0 Å². The first kappa shape index (κ1) is 20.7. The first-order valence-corrected chi connectivity index (χ1v) is 10.1. The second-order valence-electron chi connectivity index (χ2n) is 7.87. The van der Waals surface area contributed by atoms with E-state index in [0.717, 1.165) is 33.0 Å². The molecule has 0 heterocycles. The van der Waals surface area contributed by atoms with Crippen LogP contribution < -0.4 is 9.47 Å². The average Bonchev–Trinajstić information content (AvgIpc) is 3.02. The number of carboxylic acids is 2. The number of methoxy groups -OCH3 is 2. The molecule has 0 amide bonds. The van der Waals surface area contributed by atoms with E-state index in [0.29, 0.717) is 24.3 Å². The highest BCUT2D eigenvalue weighted by Gasteiger charge is 2.44. The molecule has 4 rings (SSSR count). The number of benzene rings is 3. The van der Waals surface area contributed by atoms with E-state index in [1.165, 1.54) is 0 Å². The minimum absolute atomic E-state index is 0.0698. The maximum Gasteiger partial charge on any atom is 0.303 e. The van der Waals surface area contributed by atoms with E-state index in [2.05, 4.69) is 12.1 Å². The Morgan fingerprint density at radius 2 is 1.26 bits per heavy atom. The second kappa shape index (κ2) is 7.95. The van der Waals surface area contributed by atoms with Gasteiger partial charge in [-0.15, -0.1) is 0 Å². The summed E-state index contributed by atoms with van der Waals surface area (Å²) in [5, 5.41) is 21.0. The van der Waals surface area contributed by atoms with E-state index in [9.17, 15) is 19.8 Å². The summed E-state index contributed by atoms with van der Waals surface area (Å²) in [7, 11) is 3.12. The topological polar surface area (TPSA) is 93.1 Å². The normalized spacial score (nSPS) is 13.5. The zero-order valence-corrected chi connectivity index (χ0v) is 17.5. The molecule has 0 spiro atoms. The molecule has 160 valence electrons. The van der Waals surface area contributed by atoms with Gasteiger partial charge in [0.25, 0.3) is 0 Å². The molecule has 0 radical (unpaired) electrons. The monoisotopic (exact) mass is 420 g/mol. The summed E-state index contributed by atoms with van der Waals surface area (Å²) in [6.07, 6.45) is 0.451. The van der Waals surface area contributed by atoms with Crippen LogP contribution in [0, 0.1) is 0 Å². The molecule has 6 nitrogen and oxygen atoms in total. The predicted molar refractivity (Wildman–Crippen MR) is 117 cm³/mol. The molecule has 31 heavy (non-hydrogen) atoms. The zero-order chi connectivity index (χ0) is 22.2. The highest BCUT2D eigenvalue weighted by molar-refractivity contribution is 5.94. The molecule has 2 N–H and O–H groups in total. The Kier molecular flexibility index (Phi) is 5.31. The van der Waals surface area contributed by atoms with Gasteiger partial charge in [0.05, 0.1) is 14.2 Å². The lowest BCUT2D eigenvalue weighted by Gasteiger charge is -2.32. The van der Waals surface area contributed by atoms with Crippen LogP contribution in [0.3, 0.4) is 0 Å². The summed E-state index contributed by atoms with van der Waals surface area (Å²) in [5.41, 5.74) is 3.00. The van der Waals surface area contributed by atoms with Crippen LogP contribution in [-0.4, -0.2) is 36.4 Å². The van der Waals surface area contributed by atoms with Crippen LogP contribution in [0.25, 0.3) is 21.9 Å². The van der Waals surface area contributed by atoms with Gasteiger partial charge in [-0.05, 0) is 70.1 Å². The van der Waals surface area contributed by atoms with Crippen molar-refractivity contribution < 1.29 is 29.3 Å². The number of fused-ring (bicyclic) bond motifs is 4. The number of carboxylic acid groups (broad SMARTS) is 2. The van der Waals surface area contributed by atoms with Crippen molar-refractivity contribution in [1.82, 2.24) is 0 Å². The lowest BCUT2D eigenvalue weighted by atomic mass is 9.71. The summed E-state index contributed by atoms with van der Waals surface area (Å²) in [6.45, 7) is 0. The first-order valence-electron chi connectivity index (χ1n) is 10.1. The zero-order valence-electron chi connectivity index (χ0n) is 17.5. The summed E-state index contributed by atoms with van der Waals surface area (Å²) >= 11 is 0. The highest BCUT2D eigenvalue weighted by atomic mass is 16.5. The van der Waals surface area contributed by atoms with Crippen molar-refractivity contribution in [3.05, 3.63) is 59.7 Å². The fourth-order valence-electron chi connectivity index (χ4n) is 4.81. The van der Waals surface area contributed by atoms with E-state index >= 15 is 0 Å². The lowest BCUT2D eigenvalue weighted by molar-refractivity contribution is -0.137. The van der Waals surface area contributed by atoms with E-state index < -0.39 is 17.4 Å². The maximum absolute atomic E-state index is 11.5. The first-order chi connectivity index (χ1) is 14.9. The number of carbonyl (C=O) groups is 2. The molecule has 0 aromatic heterocycles. The molecule has 0 bridgehead atoms. The Hall–Kier alpha value is -3.54.